The van der Waals surface area contributed by atoms with Crippen LogP contribution < -0.4 is 5.32 Å². The second-order valence-corrected chi connectivity index (χ2v) is 6.94. The van der Waals surface area contributed by atoms with E-state index in [9.17, 15) is 9.18 Å². The fraction of sp³-hybridized carbons (Fsp3) is 0.500. The van der Waals surface area contributed by atoms with Gasteiger partial charge in [0.25, 0.3) is 5.17 Å². The molecule has 0 bridgehead atoms. The quantitative estimate of drug-likeness (QED) is 0.528. The average molecular weight is 409 g/mol. The van der Waals surface area contributed by atoms with Crippen LogP contribution in [0.3, 0.4) is 0 Å². The molecule has 0 aromatic heterocycles. The Labute approximate surface area is 168 Å². The molecule has 2 aliphatic heterocycles. The number of thiocarbonyl (C=S) groups is 1. The van der Waals surface area contributed by atoms with Crippen LogP contribution in [0.4, 0.5) is 9.18 Å². The highest BCUT2D eigenvalue weighted by atomic mass is 32.1. The van der Waals surface area contributed by atoms with Crippen molar-refractivity contribution in [3.05, 3.63) is 36.3 Å². The number of amides is 1. The molecule has 1 amide bonds. The third-order valence-corrected chi connectivity index (χ3v) is 5.03. The maximum Gasteiger partial charge on any atom is 0.414 e. The van der Waals surface area contributed by atoms with Crippen molar-refractivity contribution in [2.75, 3.05) is 39.8 Å². The number of halogens is 1. The van der Waals surface area contributed by atoms with Gasteiger partial charge < -0.3 is 19.7 Å². The number of hydrogen-bond acceptors (Lipinski definition) is 7. The van der Waals surface area contributed by atoms with Gasteiger partial charge in [0.1, 0.15) is 18.3 Å². The summed E-state index contributed by atoms with van der Waals surface area (Å²) in [6.07, 6.45) is 6.26. The van der Waals surface area contributed by atoms with E-state index >= 15 is 0 Å². The topological polar surface area (TPSA) is 69.6 Å². The molecule has 152 valence electrons. The predicted molar refractivity (Wildman–Crippen MR) is 107 cm³/mol. The Balaban J connectivity index is 1.58. The molecule has 28 heavy (non-hydrogen) atoms. The summed E-state index contributed by atoms with van der Waals surface area (Å²) in [7, 11) is 1.46. The highest BCUT2D eigenvalue weighted by molar-refractivity contribution is 7.80. The van der Waals surface area contributed by atoms with Gasteiger partial charge in [0.05, 0.1) is 39.3 Å². The van der Waals surface area contributed by atoms with Crippen molar-refractivity contribution in [1.82, 2.24) is 20.1 Å². The van der Waals surface area contributed by atoms with E-state index in [1.165, 1.54) is 18.1 Å². The molecule has 1 saturated heterocycles. The van der Waals surface area contributed by atoms with Gasteiger partial charge in [-0.1, -0.05) is 12.2 Å². The van der Waals surface area contributed by atoms with Crippen molar-refractivity contribution in [2.24, 2.45) is 5.10 Å². The minimum absolute atomic E-state index is 0.231. The Morgan fingerprint density at radius 3 is 3.04 bits per heavy atom. The Kier molecular flexibility index (Phi) is 6.50. The minimum atomic E-state index is -0.497. The van der Waals surface area contributed by atoms with Gasteiger partial charge >= 0.3 is 6.09 Å². The first-order valence-electron chi connectivity index (χ1n) is 9.04. The van der Waals surface area contributed by atoms with Gasteiger partial charge in [-0.15, -0.1) is 6.58 Å². The van der Waals surface area contributed by atoms with Crippen LogP contribution in [-0.2, 0) is 9.47 Å². The number of allylic oxidation sites excluding steroid dienone is 1. The molecule has 8 nitrogen and oxygen atoms in total. The van der Waals surface area contributed by atoms with Crippen LogP contribution in [0, 0.1) is 0 Å². The Bertz CT molecular complexity index is 726. The molecule has 2 unspecified atom stereocenters. The molecule has 2 atom stereocenters. The lowest BCUT2D eigenvalue weighted by Crippen LogP contribution is -2.44. The number of cyclic esters (lactones) is 1. The van der Waals surface area contributed by atoms with Gasteiger partial charge in [-0.3, -0.25) is 9.91 Å². The lowest BCUT2D eigenvalue weighted by Gasteiger charge is -2.35. The fourth-order valence-electron chi connectivity index (χ4n) is 3.24. The van der Waals surface area contributed by atoms with Crippen LogP contribution in [0.2, 0.25) is 0 Å². The van der Waals surface area contributed by atoms with Gasteiger partial charge in [-0.2, -0.15) is 5.10 Å². The number of carbonyl (C=O) groups excluding carboxylic acids is 1. The van der Waals surface area contributed by atoms with Crippen LogP contribution in [0.1, 0.15) is 6.42 Å². The first-order chi connectivity index (χ1) is 13.5. The monoisotopic (exact) mass is 409 g/mol. The summed E-state index contributed by atoms with van der Waals surface area (Å²) >= 11 is 4.91. The van der Waals surface area contributed by atoms with Gasteiger partial charge in [0, 0.05) is 12.2 Å². The van der Waals surface area contributed by atoms with E-state index < -0.39 is 12.1 Å². The van der Waals surface area contributed by atoms with Crippen LogP contribution in [-0.4, -0.2) is 84.4 Å². The summed E-state index contributed by atoms with van der Waals surface area (Å²) in [4.78, 5) is 15.5. The zero-order valence-electron chi connectivity index (χ0n) is 15.7. The van der Waals surface area contributed by atoms with Gasteiger partial charge in [0.2, 0.25) is 0 Å². The van der Waals surface area contributed by atoms with E-state index in [2.05, 4.69) is 17.0 Å². The molecule has 3 aliphatic rings. The molecule has 1 N–H and O–H groups in total. The van der Waals surface area contributed by atoms with Crippen molar-refractivity contribution in [1.29, 1.82) is 0 Å². The van der Waals surface area contributed by atoms with E-state index in [4.69, 9.17) is 21.7 Å². The molecule has 2 heterocycles. The van der Waals surface area contributed by atoms with E-state index in [1.807, 2.05) is 16.0 Å². The SMILES string of the molecule is C=CCN1CCN(C2CC=C(N3CC(CNC(=S)OC)OC3=O)C=C2F)C=N1. The van der Waals surface area contributed by atoms with Crippen molar-refractivity contribution in [3.8, 4) is 0 Å². The number of hydrazone groups is 1. The van der Waals surface area contributed by atoms with E-state index in [1.54, 1.807) is 12.4 Å². The summed E-state index contributed by atoms with van der Waals surface area (Å²) in [5.41, 5.74) is 0.512. The normalized spacial score (nSPS) is 24.5. The standard InChI is InChI=1S/C18H24FN5O3S/c1-3-6-23-8-7-22(12-21-23)16-5-4-13(9-15(16)19)24-11-14(27-18(24)25)10-20-17(28)26-2/h3-4,9,12,14,16H,1,5-8,10-11H2,2H3,(H,20,28). The van der Waals surface area contributed by atoms with Crippen molar-refractivity contribution < 1.29 is 18.7 Å². The molecular formula is C18H24FN5O3S. The van der Waals surface area contributed by atoms with Crippen molar-refractivity contribution in [2.45, 2.75) is 18.6 Å². The van der Waals surface area contributed by atoms with Crippen LogP contribution in [0.15, 0.2) is 41.4 Å². The third-order valence-electron chi connectivity index (χ3n) is 4.72. The first kappa shape index (κ1) is 20.1. The molecule has 0 aromatic rings. The predicted octanol–water partition coefficient (Wildman–Crippen LogP) is 1.58. The number of ether oxygens (including phenoxy) is 2. The molecule has 0 aromatic carbocycles. The van der Waals surface area contributed by atoms with Crippen LogP contribution >= 0.6 is 12.2 Å². The number of carbonyl (C=O) groups is 1. The molecule has 10 heteroatoms. The maximum absolute atomic E-state index is 14.8. The summed E-state index contributed by atoms with van der Waals surface area (Å²) in [6, 6.07) is -0.409. The molecule has 0 saturated carbocycles. The molecule has 1 fully saturated rings. The van der Waals surface area contributed by atoms with Gasteiger partial charge in [-0.25, -0.2) is 9.18 Å². The summed E-state index contributed by atoms with van der Waals surface area (Å²) in [5, 5.41) is 9.27. The minimum Gasteiger partial charge on any atom is -0.474 e. The van der Waals surface area contributed by atoms with E-state index in [0.717, 1.165) is 0 Å². The summed E-state index contributed by atoms with van der Waals surface area (Å²) in [5.74, 6) is -0.295. The maximum atomic E-state index is 14.8. The number of rotatable bonds is 6. The second kappa shape index (κ2) is 9.05. The first-order valence-corrected chi connectivity index (χ1v) is 9.45. The lowest BCUT2D eigenvalue weighted by atomic mass is 10.0. The highest BCUT2D eigenvalue weighted by Crippen LogP contribution is 2.28. The average Bonchev–Trinajstić information content (AvgIpc) is 3.07. The van der Waals surface area contributed by atoms with Crippen LogP contribution in [0.25, 0.3) is 0 Å². The van der Waals surface area contributed by atoms with Crippen molar-refractivity contribution >= 4 is 29.8 Å². The number of nitrogens with zero attached hydrogens (tertiary/aromatic N) is 4. The largest absolute Gasteiger partial charge is 0.474 e. The van der Waals surface area contributed by atoms with Gasteiger partial charge in [0.15, 0.2) is 0 Å². The smallest absolute Gasteiger partial charge is 0.414 e. The number of hydrogen-bond donors (Lipinski definition) is 1. The third kappa shape index (κ3) is 4.61. The van der Waals surface area contributed by atoms with E-state index in [-0.39, 0.29) is 17.1 Å². The van der Waals surface area contributed by atoms with E-state index in [0.29, 0.717) is 44.8 Å². The fourth-order valence-corrected chi connectivity index (χ4v) is 3.32. The van der Waals surface area contributed by atoms with Crippen molar-refractivity contribution in [3.63, 3.8) is 0 Å². The second-order valence-electron chi connectivity index (χ2n) is 6.57. The zero-order chi connectivity index (χ0) is 20.1. The van der Waals surface area contributed by atoms with Crippen LogP contribution in [0.5, 0.6) is 0 Å². The lowest BCUT2D eigenvalue weighted by molar-refractivity contribution is 0.135. The Hall–Kier alpha value is -2.62. The molecule has 0 spiro atoms. The molecule has 1 aliphatic carbocycles. The zero-order valence-corrected chi connectivity index (χ0v) is 16.5. The molecule has 3 rings (SSSR count). The number of nitrogens with one attached hydrogen (secondary N) is 1. The summed E-state index contributed by atoms with van der Waals surface area (Å²) < 4.78 is 24.9. The Morgan fingerprint density at radius 1 is 1.57 bits per heavy atom. The number of methoxy groups -OCH3 is 1. The van der Waals surface area contributed by atoms with Gasteiger partial charge in [-0.05, 0) is 24.7 Å². The molecule has 0 radical (unpaired) electrons. The Morgan fingerprint density at radius 2 is 2.39 bits per heavy atom. The summed E-state index contributed by atoms with van der Waals surface area (Å²) in [6.45, 7) is 6.39. The highest BCUT2D eigenvalue weighted by Gasteiger charge is 2.35. The molecular weight excluding hydrogens is 385 g/mol.